The highest BCUT2D eigenvalue weighted by Gasteiger charge is 2.26. The molecule has 0 aliphatic carbocycles. The fourth-order valence-electron chi connectivity index (χ4n) is 2.73. The van der Waals surface area contributed by atoms with Crippen molar-refractivity contribution in [2.75, 3.05) is 12.3 Å². The number of pyridine rings is 1. The van der Waals surface area contributed by atoms with Crippen molar-refractivity contribution in [2.24, 2.45) is 0 Å². The molecule has 5 N–H and O–H groups in total. The van der Waals surface area contributed by atoms with Gasteiger partial charge in [0.2, 0.25) is 0 Å². The molecule has 0 saturated heterocycles. The maximum Gasteiger partial charge on any atom is 0.342 e. The Hall–Kier alpha value is -3.80. The normalized spacial score (nSPS) is 10.2. The Bertz CT molecular complexity index is 973. The van der Waals surface area contributed by atoms with E-state index in [4.69, 9.17) is 15.7 Å². The van der Waals surface area contributed by atoms with E-state index in [-0.39, 0.29) is 11.1 Å². The zero-order chi connectivity index (χ0) is 20.7. The lowest BCUT2D eigenvalue weighted by atomic mass is 9.95. The summed E-state index contributed by atoms with van der Waals surface area (Å²) in [7, 11) is 0. The quantitative estimate of drug-likeness (QED) is 0.478. The molecule has 1 aromatic heterocycles. The van der Waals surface area contributed by atoms with Crippen molar-refractivity contribution in [1.29, 1.82) is 5.26 Å². The lowest BCUT2D eigenvalue weighted by molar-refractivity contribution is 0.0695. The molecular formula is C19H19N3O6. The van der Waals surface area contributed by atoms with Gasteiger partial charge >= 0.3 is 11.9 Å². The third-order valence-electron chi connectivity index (χ3n) is 4.02. The van der Waals surface area contributed by atoms with E-state index in [2.05, 4.69) is 11.1 Å². The van der Waals surface area contributed by atoms with Gasteiger partial charge in [-0.05, 0) is 37.0 Å². The van der Waals surface area contributed by atoms with E-state index < -0.39 is 34.4 Å². The van der Waals surface area contributed by atoms with E-state index in [1.54, 1.807) is 12.1 Å². The Morgan fingerprint density at radius 2 is 1.71 bits per heavy atom. The number of ether oxygens (including phenoxy) is 1. The van der Waals surface area contributed by atoms with E-state index >= 15 is 0 Å². The summed E-state index contributed by atoms with van der Waals surface area (Å²) in [5, 5.41) is 27.3. The lowest BCUT2D eigenvalue weighted by Crippen LogP contribution is -2.24. The Kier molecular flexibility index (Phi) is 6.76. The Morgan fingerprint density at radius 3 is 2.29 bits per heavy atom. The summed E-state index contributed by atoms with van der Waals surface area (Å²) in [4.78, 5) is 37.2. The van der Waals surface area contributed by atoms with Crippen LogP contribution in [-0.2, 0) is 0 Å². The van der Waals surface area contributed by atoms with Crippen LogP contribution in [-0.4, -0.2) is 33.7 Å². The first-order chi connectivity index (χ1) is 13.4. The molecule has 0 spiro atoms. The molecule has 9 nitrogen and oxygen atoms in total. The largest absolute Gasteiger partial charge is 0.494 e. The number of hydrogen-bond donors (Lipinski definition) is 4. The summed E-state index contributed by atoms with van der Waals surface area (Å²) in [5.74, 6) is -2.92. The molecule has 9 heteroatoms. The number of anilines is 1. The van der Waals surface area contributed by atoms with Crippen molar-refractivity contribution in [1.82, 2.24) is 4.98 Å². The Labute approximate surface area is 160 Å². The average Bonchev–Trinajstić information content (AvgIpc) is 2.63. The molecule has 0 amide bonds. The van der Waals surface area contributed by atoms with E-state index in [1.807, 2.05) is 0 Å². The molecule has 0 unspecified atom stereocenters. The number of carboxylic acids is 2. The third-order valence-corrected chi connectivity index (χ3v) is 4.02. The van der Waals surface area contributed by atoms with Gasteiger partial charge in [-0.2, -0.15) is 5.26 Å². The highest BCUT2D eigenvalue weighted by molar-refractivity contribution is 6.07. The zero-order valence-electron chi connectivity index (χ0n) is 14.9. The van der Waals surface area contributed by atoms with E-state index in [0.717, 1.165) is 19.3 Å². The summed E-state index contributed by atoms with van der Waals surface area (Å²) in [5.41, 5.74) is 3.39. The number of hydrogen-bond acceptors (Lipinski definition) is 6. The second-order valence-corrected chi connectivity index (χ2v) is 5.94. The minimum Gasteiger partial charge on any atom is -0.494 e. The van der Waals surface area contributed by atoms with Gasteiger partial charge < -0.3 is 25.7 Å². The molecular weight excluding hydrogens is 366 g/mol. The van der Waals surface area contributed by atoms with Crippen molar-refractivity contribution in [3.8, 4) is 22.9 Å². The Morgan fingerprint density at radius 1 is 1.07 bits per heavy atom. The number of nitrogen functional groups attached to an aromatic ring is 1. The van der Waals surface area contributed by atoms with Crippen LogP contribution < -0.4 is 16.0 Å². The van der Waals surface area contributed by atoms with Crippen LogP contribution in [0.4, 0.5) is 5.82 Å². The number of carbonyl (C=O) groups is 2. The number of unbranched alkanes of at least 4 members (excludes halogenated alkanes) is 3. The second-order valence-electron chi connectivity index (χ2n) is 5.94. The predicted octanol–water partition coefficient (Wildman–Crippen LogP) is 2.48. The SMILES string of the molecule is N#CCCCCCOc1ccc(-c2c(C(=O)O)c(N)[nH]c(=O)c2C(=O)O)cc1. The van der Waals surface area contributed by atoms with Gasteiger partial charge in [0.25, 0.3) is 5.56 Å². The standard InChI is InChI=1S/C19H19N3O6/c20-9-3-1-2-4-10-28-12-7-5-11(6-8-12)13-14(18(24)25)16(21)22-17(23)15(13)19(26)27/h5-8H,1-4,10H2,(H,24,25)(H,26,27)(H3,21,22,23). The molecule has 0 fully saturated rings. The fraction of sp³-hybridized carbons (Fsp3) is 0.263. The summed E-state index contributed by atoms with van der Waals surface area (Å²) in [6.45, 7) is 0.448. The number of benzene rings is 1. The van der Waals surface area contributed by atoms with Crippen molar-refractivity contribution in [2.45, 2.75) is 25.7 Å². The topological polar surface area (TPSA) is 166 Å². The zero-order valence-corrected chi connectivity index (χ0v) is 14.9. The van der Waals surface area contributed by atoms with Crippen molar-refractivity contribution < 1.29 is 24.5 Å². The first kappa shape index (κ1) is 20.5. The van der Waals surface area contributed by atoms with Gasteiger partial charge in [0.05, 0.1) is 12.7 Å². The molecule has 0 bridgehead atoms. The lowest BCUT2D eigenvalue weighted by Gasteiger charge is -2.13. The first-order valence-corrected chi connectivity index (χ1v) is 8.49. The molecule has 0 saturated carbocycles. The number of carboxylic acid groups (broad SMARTS) is 2. The average molecular weight is 385 g/mol. The second kappa shape index (κ2) is 9.23. The monoisotopic (exact) mass is 385 g/mol. The van der Waals surface area contributed by atoms with Gasteiger partial charge in [0, 0.05) is 12.0 Å². The maximum absolute atomic E-state index is 12.0. The van der Waals surface area contributed by atoms with Crippen LogP contribution in [0.25, 0.3) is 11.1 Å². The molecule has 0 radical (unpaired) electrons. The van der Waals surface area contributed by atoms with Crippen LogP contribution in [0, 0.1) is 11.3 Å². The number of aromatic nitrogens is 1. The summed E-state index contributed by atoms with van der Waals surface area (Å²) < 4.78 is 5.57. The van der Waals surface area contributed by atoms with Crippen LogP contribution in [0.15, 0.2) is 29.1 Å². The number of nitrogens with zero attached hydrogens (tertiary/aromatic N) is 1. The summed E-state index contributed by atoms with van der Waals surface area (Å²) >= 11 is 0. The van der Waals surface area contributed by atoms with Crippen LogP contribution in [0.2, 0.25) is 0 Å². The fourth-order valence-corrected chi connectivity index (χ4v) is 2.73. The van der Waals surface area contributed by atoms with Gasteiger partial charge in [0.15, 0.2) is 0 Å². The maximum atomic E-state index is 12.0. The number of nitrogens with two attached hydrogens (primary N) is 1. The molecule has 1 aromatic carbocycles. The number of aromatic carboxylic acids is 2. The van der Waals surface area contributed by atoms with Crippen LogP contribution in [0.5, 0.6) is 5.75 Å². The molecule has 1 heterocycles. The van der Waals surface area contributed by atoms with Crippen molar-refractivity contribution in [3.63, 3.8) is 0 Å². The van der Waals surface area contributed by atoms with Gasteiger partial charge in [-0.1, -0.05) is 12.1 Å². The number of H-pyrrole nitrogens is 1. The van der Waals surface area contributed by atoms with E-state index in [0.29, 0.717) is 18.8 Å². The van der Waals surface area contributed by atoms with Gasteiger partial charge in [-0.25, -0.2) is 9.59 Å². The minimum absolute atomic E-state index is 0.217. The Balaban J connectivity index is 2.30. The predicted molar refractivity (Wildman–Crippen MR) is 100 cm³/mol. The van der Waals surface area contributed by atoms with Gasteiger partial charge in [0.1, 0.15) is 22.7 Å². The molecule has 146 valence electrons. The first-order valence-electron chi connectivity index (χ1n) is 8.49. The molecule has 0 atom stereocenters. The smallest absolute Gasteiger partial charge is 0.342 e. The molecule has 2 rings (SSSR count). The summed E-state index contributed by atoms with van der Waals surface area (Å²) in [6.07, 6.45) is 2.95. The highest BCUT2D eigenvalue weighted by Crippen LogP contribution is 2.30. The molecule has 2 aromatic rings. The third kappa shape index (κ3) is 4.67. The summed E-state index contributed by atoms with van der Waals surface area (Å²) in [6, 6.07) is 8.12. The van der Waals surface area contributed by atoms with Crippen LogP contribution in [0.3, 0.4) is 0 Å². The van der Waals surface area contributed by atoms with Gasteiger partial charge in [-0.3, -0.25) is 4.79 Å². The highest BCUT2D eigenvalue weighted by atomic mass is 16.5. The molecule has 28 heavy (non-hydrogen) atoms. The van der Waals surface area contributed by atoms with Crippen molar-refractivity contribution in [3.05, 3.63) is 45.7 Å². The van der Waals surface area contributed by atoms with Gasteiger partial charge in [-0.15, -0.1) is 0 Å². The van der Waals surface area contributed by atoms with Crippen LogP contribution >= 0.6 is 0 Å². The number of rotatable bonds is 9. The molecule has 0 aliphatic rings. The minimum atomic E-state index is -1.56. The number of nitriles is 1. The van der Waals surface area contributed by atoms with E-state index in [1.165, 1.54) is 12.1 Å². The number of nitrogens with one attached hydrogen (secondary N) is 1. The van der Waals surface area contributed by atoms with Crippen molar-refractivity contribution >= 4 is 17.8 Å². The number of aromatic amines is 1. The van der Waals surface area contributed by atoms with E-state index in [9.17, 15) is 24.6 Å². The molecule has 0 aliphatic heterocycles. The van der Waals surface area contributed by atoms with Crippen LogP contribution in [0.1, 0.15) is 46.4 Å².